The number of nitro groups is 1. The lowest BCUT2D eigenvalue weighted by Gasteiger charge is -2.12. The van der Waals surface area contributed by atoms with Crippen molar-refractivity contribution in [2.45, 2.75) is 6.54 Å². The third-order valence-electron chi connectivity index (χ3n) is 5.05. The van der Waals surface area contributed by atoms with Crippen molar-refractivity contribution in [1.82, 2.24) is 4.90 Å². The minimum Gasteiger partial charge on any atom is -0.497 e. The van der Waals surface area contributed by atoms with E-state index in [0.717, 1.165) is 16.7 Å². The number of carbonyl (C=O) groups is 3. The Kier molecular flexibility index (Phi) is 6.93. The normalized spacial score (nSPS) is 14.3. The lowest BCUT2D eigenvalue weighted by molar-refractivity contribution is -0.384. The predicted octanol–water partition coefficient (Wildman–Crippen LogP) is 5.06. The summed E-state index contributed by atoms with van der Waals surface area (Å²) in [6, 6.07) is 18.7. The van der Waals surface area contributed by atoms with E-state index in [1.807, 2.05) is 0 Å². The molecule has 4 rings (SSSR count). The molecule has 0 atom stereocenters. The molecule has 0 aromatic heterocycles. The second-order valence-electron chi connectivity index (χ2n) is 7.38. The average Bonchev–Trinajstić information content (AvgIpc) is 3.12. The molecule has 0 unspecified atom stereocenters. The van der Waals surface area contributed by atoms with E-state index >= 15 is 0 Å². The molecule has 1 heterocycles. The molecule has 0 N–H and O–H groups in total. The maximum atomic E-state index is 12.8. The van der Waals surface area contributed by atoms with Gasteiger partial charge in [0.15, 0.2) is 0 Å². The number of hydrogen-bond donors (Lipinski definition) is 0. The maximum absolute atomic E-state index is 12.8. The number of imide groups is 1. The fraction of sp³-hybridized carbons (Fsp3) is 0.0800. The largest absolute Gasteiger partial charge is 0.497 e. The fourth-order valence-corrected chi connectivity index (χ4v) is 4.09. The first-order valence-corrected chi connectivity index (χ1v) is 11.1. The first-order valence-electron chi connectivity index (χ1n) is 10.3. The Hall–Kier alpha value is -4.44. The average molecular weight is 490 g/mol. The Bertz CT molecular complexity index is 1330. The molecule has 0 saturated carbocycles. The van der Waals surface area contributed by atoms with E-state index in [1.54, 1.807) is 54.6 Å². The van der Waals surface area contributed by atoms with Crippen molar-refractivity contribution < 1.29 is 28.8 Å². The highest BCUT2D eigenvalue weighted by Crippen LogP contribution is 2.34. The van der Waals surface area contributed by atoms with Crippen LogP contribution in [-0.4, -0.2) is 34.0 Å². The number of rotatable bonds is 7. The summed E-state index contributed by atoms with van der Waals surface area (Å²) in [6.45, 7) is -0.000481. The number of nitro benzene ring substituents is 1. The maximum Gasteiger partial charge on any atom is 0.343 e. The monoisotopic (exact) mass is 490 g/mol. The van der Waals surface area contributed by atoms with Crippen LogP contribution in [0.25, 0.3) is 6.08 Å². The van der Waals surface area contributed by atoms with Crippen LogP contribution in [0.15, 0.2) is 77.7 Å². The van der Waals surface area contributed by atoms with Crippen molar-refractivity contribution in [1.29, 1.82) is 0 Å². The Morgan fingerprint density at radius 2 is 1.74 bits per heavy atom. The molecule has 2 amide bonds. The third kappa shape index (κ3) is 5.56. The number of non-ortho nitro benzene ring substituents is 1. The van der Waals surface area contributed by atoms with E-state index in [1.165, 1.54) is 31.4 Å². The quantitative estimate of drug-likeness (QED) is 0.148. The molecule has 3 aromatic rings. The minimum absolute atomic E-state index is 0.000481. The Morgan fingerprint density at radius 1 is 1.03 bits per heavy atom. The molecular formula is C25H18N2O7S. The molecule has 0 bridgehead atoms. The van der Waals surface area contributed by atoms with E-state index in [0.29, 0.717) is 22.4 Å². The van der Waals surface area contributed by atoms with Crippen molar-refractivity contribution in [2.75, 3.05) is 7.11 Å². The molecule has 1 aliphatic heterocycles. The molecule has 1 saturated heterocycles. The molecular weight excluding hydrogens is 472 g/mol. The summed E-state index contributed by atoms with van der Waals surface area (Å²) in [5.41, 5.74) is 1.44. The minimum atomic E-state index is -0.548. The van der Waals surface area contributed by atoms with Crippen LogP contribution in [0.2, 0.25) is 0 Å². The smallest absolute Gasteiger partial charge is 0.343 e. The van der Waals surface area contributed by atoms with Crippen LogP contribution in [0.1, 0.15) is 21.5 Å². The Balaban J connectivity index is 1.46. The second-order valence-corrected chi connectivity index (χ2v) is 8.38. The number of esters is 1. The van der Waals surface area contributed by atoms with Gasteiger partial charge in [0, 0.05) is 12.1 Å². The van der Waals surface area contributed by atoms with Crippen LogP contribution in [0, 0.1) is 10.1 Å². The molecule has 0 radical (unpaired) electrons. The number of amides is 2. The van der Waals surface area contributed by atoms with Crippen molar-refractivity contribution in [3.05, 3.63) is 105 Å². The predicted molar refractivity (Wildman–Crippen MR) is 129 cm³/mol. The number of thioether (sulfide) groups is 1. The van der Waals surface area contributed by atoms with Gasteiger partial charge in [0.05, 0.1) is 29.0 Å². The van der Waals surface area contributed by atoms with Crippen LogP contribution in [0.5, 0.6) is 11.5 Å². The van der Waals surface area contributed by atoms with Crippen LogP contribution in [0.4, 0.5) is 10.5 Å². The van der Waals surface area contributed by atoms with Crippen LogP contribution >= 0.6 is 11.8 Å². The van der Waals surface area contributed by atoms with Crippen molar-refractivity contribution in [3.63, 3.8) is 0 Å². The summed E-state index contributed by atoms with van der Waals surface area (Å²) < 4.78 is 10.5. The zero-order valence-electron chi connectivity index (χ0n) is 18.4. The van der Waals surface area contributed by atoms with Gasteiger partial charge in [-0.05, 0) is 65.4 Å². The number of hydrogen-bond acceptors (Lipinski definition) is 8. The van der Waals surface area contributed by atoms with Gasteiger partial charge in [0.2, 0.25) is 0 Å². The Labute approximate surface area is 204 Å². The first-order chi connectivity index (χ1) is 16.8. The van der Waals surface area contributed by atoms with Gasteiger partial charge in [-0.15, -0.1) is 0 Å². The summed E-state index contributed by atoms with van der Waals surface area (Å²) in [5.74, 6) is -0.122. The second kappa shape index (κ2) is 10.2. The number of nitrogens with zero attached hydrogens (tertiary/aromatic N) is 2. The van der Waals surface area contributed by atoms with Gasteiger partial charge in [0.1, 0.15) is 11.5 Å². The highest BCUT2D eigenvalue weighted by molar-refractivity contribution is 8.18. The number of benzene rings is 3. The molecule has 1 fully saturated rings. The number of ether oxygens (including phenoxy) is 2. The van der Waals surface area contributed by atoms with E-state index in [2.05, 4.69) is 0 Å². The van der Waals surface area contributed by atoms with Gasteiger partial charge in [-0.2, -0.15) is 0 Å². The summed E-state index contributed by atoms with van der Waals surface area (Å²) in [4.78, 5) is 49.2. The zero-order valence-corrected chi connectivity index (χ0v) is 19.2. The van der Waals surface area contributed by atoms with Gasteiger partial charge in [-0.25, -0.2) is 4.79 Å². The molecule has 1 aliphatic rings. The molecule has 0 spiro atoms. The summed E-state index contributed by atoms with van der Waals surface area (Å²) in [5, 5.41) is 10.4. The lowest BCUT2D eigenvalue weighted by atomic mass is 10.1. The van der Waals surface area contributed by atoms with Crippen LogP contribution in [0.3, 0.4) is 0 Å². The molecule has 35 heavy (non-hydrogen) atoms. The van der Waals surface area contributed by atoms with E-state index in [9.17, 15) is 24.5 Å². The van der Waals surface area contributed by atoms with E-state index in [-0.39, 0.29) is 22.9 Å². The third-order valence-corrected chi connectivity index (χ3v) is 5.96. The fourth-order valence-electron chi connectivity index (χ4n) is 3.25. The standard InChI is InChI=1S/C25H18N2O7S/c1-33-20-11-7-18(8-12-20)24(29)34-21-4-2-3-17(13-21)14-22-23(28)26(25(30)35-22)15-16-5-9-19(10-6-16)27(31)32/h2-14H,15H2,1H3/b22-14-. The van der Waals surface area contributed by atoms with Gasteiger partial charge >= 0.3 is 5.97 Å². The highest BCUT2D eigenvalue weighted by Gasteiger charge is 2.35. The zero-order chi connectivity index (χ0) is 24.9. The summed E-state index contributed by atoms with van der Waals surface area (Å²) in [6.07, 6.45) is 1.55. The molecule has 176 valence electrons. The number of methoxy groups -OCH3 is 1. The van der Waals surface area contributed by atoms with Gasteiger partial charge < -0.3 is 9.47 Å². The van der Waals surface area contributed by atoms with Crippen molar-refractivity contribution >= 4 is 40.6 Å². The topological polar surface area (TPSA) is 116 Å². The van der Waals surface area contributed by atoms with Crippen molar-refractivity contribution in [2.24, 2.45) is 0 Å². The van der Waals surface area contributed by atoms with Crippen LogP contribution < -0.4 is 9.47 Å². The molecule has 9 nitrogen and oxygen atoms in total. The van der Waals surface area contributed by atoms with E-state index in [4.69, 9.17) is 9.47 Å². The van der Waals surface area contributed by atoms with Gasteiger partial charge in [0.25, 0.3) is 16.8 Å². The highest BCUT2D eigenvalue weighted by atomic mass is 32.2. The van der Waals surface area contributed by atoms with E-state index < -0.39 is 22.0 Å². The molecule has 0 aliphatic carbocycles. The summed E-state index contributed by atoms with van der Waals surface area (Å²) in [7, 11) is 1.53. The Morgan fingerprint density at radius 3 is 2.40 bits per heavy atom. The lowest BCUT2D eigenvalue weighted by Crippen LogP contribution is -2.27. The van der Waals surface area contributed by atoms with Gasteiger partial charge in [-0.3, -0.25) is 24.6 Å². The molecule has 3 aromatic carbocycles. The van der Waals surface area contributed by atoms with Gasteiger partial charge in [-0.1, -0.05) is 24.3 Å². The molecule has 10 heteroatoms. The number of carbonyl (C=O) groups excluding carboxylic acids is 3. The summed E-state index contributed by atoms with van der Waals surface area (Å²) >= 11 is 0.795. The SMILES string of the molecule is COc1ccc(C(=O)Oc2cccc(/C=C3\SC(=O)N(Cc4ccc([N+](=O)[O-])cc4)C3=O)c2)cc1. The van der Waals surface area contributed by atoms with Crippen LogP contribution in [-0.2, 0) is 11.3 Å². The van der Waals surface area contributed by atoms with Crippen molar-refractivity contribution in [3.8, 4) is 11.5 Å². The first kappa shape index (κ1) is 23.7.